The Morgan fingerprint density at radius 3 is 2.44 bits per heavy atom. The number of ether oxygens (including phenoxy) is 3. The van der Waals surface area contributed by atoms with Gasteiger partial charge in [-0.3, -0.25) is 9.59 Å². The third kappa shape index (κ3) is 6.48. The van der Waals surface area contributed by atoms with Crippen LogP contribution < -0.4 is 14.8 Å². The number of rotatable bonds is 10. The van der Waals surface area contributed by atoms with E-state index in [-0.39, 0.29) is 29.3 Å². The average Bonchev–Trinajstić information content (AvgIpc) is 3.18. The second-order valence-corrected chi connectivity index (χ2v) is 6.22. The Morgan fingerprint density at radius 2 is 1.81 bits per heavy atom. The summed E-state index contributed by atoms with van der Waals surface area (Å²) in [7, 11) is 4.44. The first kappa shape index (κ1) is 20.6. The molecule has 0 spiro atoms. The minimum Gasteiger partial charge on any atom is -0.497 e. The van der Waals surface area contributed by atoms with Crippen LogP contribution in [0.25, 0.3) is 11.5 Å². The third-order valence-electron chi connectivity index (χ3n) is 3.44. The predicted octanol–water partition coefficient (Wildman–Crippen LogP) is 1.92. The predicted molar refractivity (Wildman–Crippen MR) is 97.8 cm³/mol. The van der Waals surface area contributed by atoms with Gasteiger partial charge in [-0.2, -0.15) is 0 Å². The molecule has 0 saturated heterocycles. The molecule has 2 rings (SSSR count). The van der Waals surface area contributed by atoms with Gasteiger partial charge in [-0.15, -0.1) is 10.2 Å². The lowest BCUT2D eigenvalue weighted by atomic mass is 10.2. The zero-order valence-corrected chi connectivity index (χ0v) is 16.1. The second kappa shape index (κ2) is 10.4. The van der Waals surface area contributed by atoms with E-state index in [1.165, 1.54) is 7.11 Å². The normalized spacial score (nSPS) is 10.3. The van der Waals surface area contributed by atoms with E-state index in [2.05, 4.69) is 20.3 Å². The number of benzene rings is 1. The van der Waals surface area contributed by atoms with Gasteiger partial charge in [0, 0.05) is 24.6 Å². The fourth-order valence-electron chi connectivity index (χ4n) is 2.06. The van der Waals surface area contributed by atoms with Gasteiger partial charge in [-0.25, -0.2) is 0 Å². The largest absolute Gasteiger partial charge is 0.497 e. The van der Waals surface area contributed by atoms with Gasteiger partial charge in [0.05, 0.1) is 27.1 Å². The van der Waals surface area contributed by atoms with Crippen molar-refractivity contribution in [1.82, 2.24) is 15.5 Å². The average molecular weight is 395 g/mol. The highest BCUT2D eigenvalue weighted by molar-refractivity contribution is 7.99. The van der Waals surface area contributed by atoms with E-state index >= 15 is 0 Å². The molecule has 9 nitrogen and oxygen atoms in total. The van der Waals surface area contributed by atoms with Gasteiger partial charge in [0.15, 0.2) is 0 Å². The molecule has 0 unspecified atom stereocenters. The molecule has 1 aromatic carbocycles. The van der Waals surface area contributed by atoms with Crippen LogP contribution in [0.1, 0.15) is 12.8 Å². The maximum atomic E-state index is 11.8. The molecule has 0 fully saturated rings. The first-order valence-corrected chi connectivity index (χ1v) is 9.07. The van der Waals surface area contributed by atoms with Crippen molar-refractivity contribution >= 4 is 23.6 Å². The smallest absolute Gasteiger partial charge is 0.305 e. The Bertz CT molecular complexity index is 758. The van der Waals surface area contributed by atoms with Gasteiger partial charge in [-0.1, -0.05) is 11.8 Å². The number of hydrogen-bond acceptors (Lipinski definition) is 9. The molecule has 0 radical (unpaired) electrons. The second-order valence-electron chi connectivity index (χ2n) is 5.29. The van der Waals surface area contributed by atoms with Crippen molar-refractivity contribution < 1.29 is 28.2 Å². The summed E-state index contributed by atoms with van der Waals surface area (Å²) in [5.41, 5.74) is 0.651. The maximum Gasteiger partial charge on any atom is 0.305 e. The molecule has 146 valence electrons. The summed E-state index contributed by atoms with van der Waals surface area (Å²) in [6, 6.07) is 5.23. The van der Waals surface area contributed by atoms with Crippen LogP contribution >= 0.6 is 11.8 Å². The SMILES string of the molecule is COC(=O)CCCNC(=O)CSc1nnc(-c2cc(OC)cc(OC)c2)o1. The van der Waals surface area contributed by atoms with Gasteiger partial charge < -0.3 is 23.9 Å². The van der Waals surface area contributed by atoms with E-state index in [0.29, 0.717) is 35.9 Å². The third-order valence-corrected chi connectivity index (χ3v) is 4.26. The molecule has 1 aromatic heterocycles. The highest BCUT2D eigenvalue weighted by atomic mass is 32.2. The fraction of sp³-hybridized carbons (Fsp3) is 0.412. The monoisotopic (exact) mass is 395 g/mol. The molecule has 0 aliphatic carbocycles. The van der Waals surface area contributed by atoms with Crippen molar-refractivity contribution in [3.63, 3.8) is 0 Å². The number of carbonyl (C=O) groups is 2. The molecule has 1 heterocycles. The lowest BCUT2D eigenvalue weighted by Crippen LogP contribution is -2.26. The molecule has 0 atom stereocenters. The molecule has 1 N–H and O–H groups in total. The maximum absolute atomic E-state index is 11.8. The standard InChI is InChI=1S/C17H21N3O6S/c1-23-12-7-11(8-13(9-12)24-2)16-19-20-17(26-16)27-10-14(21)18-6-4-5-15(22)25-3/h7-9H,4-6,10H2,1-3H3,(H,18,21). The van der Waals surface area contributed by atoms with Gasteiger partial charge in [0.25, 0.3) is 5.22 Å². The molecule has 0 aliphatic rings. The number of nitrogens with one attached hydrogen (secondary N) is 1. The summed E-state index contributed by atoms with van der Waals surface area (Å²) in [5.74, 6) is 1.14. The minimum atomic E-state index is -0.300. The highest BCUT2D eigenvalue weighted by Gasteiger charge is 2.13. The lowest BCUT2D eigenvalue weighted by Gasteiger charge is -2.05. The topological polar surface area (TPSA) is 113 Å². The van der Waals surface area contributed by atoms with E-state index in [0.717, 1.165) is 11.8 Å². The first-order chi connectivity index (χ1) is 13.0. The summed E-state index contributed by atoms with van der Waals surface area (Å²) < 4.78 is 20.5. The van der Waals surface area contributed by atoms with Crippen LogP contribution in [0.3, 0.4) is 0 Å². The molecule has 10 heteroatoms. The molecule has 0 bridgehead atoms. The lowest BCUT2D eigenvalue weighted by molar-refractivity contribution is -0.140. The van der Waals surface area contributed by atoms with Crippen molar-refractivity contribution in [2.24, 2.45) is 0 Å². The van der Waals surface area contributed by atoms with Gasteiger partial charge in [0.1, 0.15) is 11.5 Å². The van der Waals surface area contributed by atoms with E-state index in [4.69, 9.17) is 13.9 Å². The number of thioether (sulfide) groups is 1. The van der Waals surface area contributed by atoms with Crippen LogP contribution in [0.4, 0.5) is 0 Å². The summed E-state index contributed by atoms with van der Waals surface area (Å²) in [6.45, 7) is 0.396. The summed E-state index contributed by atoms with van der Waals surface area (Å²) >= 11 is 1.13. The van der Waals surface area contributed by atoms with Crippen molar-refractivity contribution in [3.05, 3.63) is 18.2 Å². The first-order valence-electron chi connectivity index (χ1n) is 8.09. The minimum absolute atomic E-state index is 0.126. The van der Waals surface area contributed by atoms with Crippen molar-refractivity contribution in [2.75, 3.05) is 33.6 Å². The van der Waals surface area contributed by atoms with Crippen LogP contribution in [0.2, 0.25) is 0 Å². The fourth-order valence-corrected chi connectivity index (χ4v) is 2.65. The van der Waals surface area contributed by atoms with Crippen LogP contribution in [0, 0.1) is 0 Å². The number of hydrogen-bond donors (Lipinski definition) is 1. The zero-order valence-electron chi connectivity index (χ0n) is 15.3. The highest BCUT2D eigenvalue weighted by Crippen LogP contribution is 2.30. The molecule has 2 aromatic rings. The molecule has 0 saturated carbocycles. The quantitative estimate of drug-likeness (QED) is 0.366. The summed E-state index contributed by atoms with van der Waals surface area (Å²) in [4.78, 5) is 22.8. The van der Waals surface area contributed by atoms with E-state index in [1.54, 1.807) is 32.4 Å². The number of amides is 1. The molecule has 27 heavy (non-hydrogen) atoms. The molecule has 1 amide bonds. The van der Waals surface area contributed by atoms with Gasteiger partial charge >= 0.3 is 5.97 Å². The molecular formula is C17H21N3O6S. The van der Waals surface area contributed by atoms with Crippen molar-refractivity contribution in [1.29, 1.82) is 0 Å². The Balaban J connectivity index is 1.85. The number of nitrogens with zero attached hydrogens (tertiary/aromatic N) is 2. The van der Waals surface area contributed by atoms with Crippen LogP contribution in [0.5, 0.6) is 11.5 Å². The Morgan fingerprint density at radius 1 is 1.11 bits per heavy atom. The van der Waals surface area contributed by atoms with Crippen molar-refractivity contribution in [2.45, 2.75) is 18.1 Å². The van der Waals surface area contributed by atoms with E-state index in [1.807, 2.05) is 0 Å². The van der Waals surface area contributed by atoms with Crippen LogP contribution in [-0.2, 0) is 14.3 Å². The number of aromatic nitrogens is 2. The van der Waals surface area contributed by atoms with Crippen molar-refractivity contribution in [3.8, 4) is 23.0 Å². The van der Waals surface area contributed by atoms with E-state index in [9.17, 15) is 9.59 Å². The number of esters is 1. The summed E-state index contributed by atoms with van der Waals surface area (Å²) in [6.07, 6.45) is 0.784. The van der Waals surface area contributed by atoms with E-state index < -0.39 is 0 Å². The summed E-state index contributed by atoms with van der Waals surface area (Å²) in [5, 5.41) is 10.9. The number of carbonyl (C=O) groups excluding carboxylic acids is 2. The molecular weight excluding hydrogens is 374 g/mol. The Hall–Kier alpha value is -2.75. The molecule has 0 aliphatic heterocycles. The van der Waals surface area contributed by atoms with Gasteiger partial charge in [-0.05, 0) is 18.6 Å². The van der Waals surface area contributed by atoms with Crippen LogP contribution in [0.15, 0.2) is 27.8 Å². The Labute approximate surface area is 160 Å². The van der Waals surface area contributed by atoms with Crippen LogP contribution in [-0.4, -0.2) is 55.7 Å². The van der Waals surface area contributed by atoms with Gasteiger partial charge in [0.2, 0.25) is 11.8 Å². The Kier molecular flexibility index (Phi) is 7.93. The number of methoxy groups -OCH3 is 3. The zero-order chi connectivity index (χ0) is 19.6.